The van der Waals surface area contributed by atoms with Crippen molar-refractivity contribution in [2.24, 2.45) is 0 Å². The number of benzene rings is 1. The fraction of sp³-hybridized carbons (Fsp3) is 0.462. The van der Waals surface area contributed by atoms with Gasteiger partial charge >= 0.3 is 0 Å². The first-order chi connectivity index (χ1) is 8.33. The molecule has 0 bridgehead atoms. The van der Waals surface area contributed by atoms with Gasteiger partial charge in [0, 0.05) is 25.0 Å². The van der Waals surface area contributed by atoms with Gasteiger partial charge in [-0.1, -0.05) is 11.6 Å². The average Bonchev–Trinajstić information content (AvgIpc) is 2.73. The van der Waals surface area contributed by atoms with E-state index in [9.17, 15) is 0 Å². The molecular weight excluding hydrogens is 214 g/mol. The number of morpholine rings is 1. The zero-order valence-electron chi connectivity index (χ0n) is 10.1. The first kappa shape index (κ1) is 10.7. The van der Waals surface area contributed by atoms with Gasteiger partial charge < -0.3 is 4.74 Å². The number of aryl methyl sites for hydroxylation is 1. The number of hydrogen-bond acceptors (Lipinski definition) is 3. The van der Waals surface area contributed by atoms with E-state index in [1.807, 2.05) is 0 Å². The number of hydrogen-bond donors (Lipinski definition) is 1. The molecule has 17 heavy (non-hydrogen) atoms. The number of nitrogens with zero attached hydrogens (tertiary/aromatic N) is 2. The SMILES string of the molecule is Cc1ccc2[nH]nc(CN3CCOCC3)c2c1. The molecular formula is C13H17N3O. The second kappa shape index (κ2) is 4.47. The molecule has 0 saturated carbocycles. The van der Waals surface area contributed by atoms with Gasteiger partial charge in [-0.2, -0.15) is 5.10 Å². The van der Waals surface area contributed by atoms with Gasteiger partial charge in [0.25, 0.3) is 0 Å². The maximum absolute atomic E-state index is 5.36. The summed E-state index contributed by atoms with van der Waals surface area (Å²) in [4.78, 5) is 2.39. The maximum Gasteiger partial charge on any atom is 0.0841 e. The molecule has 0 amide bonds. The third-order valence-electron chi connectivity index (χ3n) is 3.27. The van der Waals surface area contributed by atoms with Crippen LogP contribution in [0.4, 0.5) is 0 Å². The van der Waals surface area contributed by atoms with Crippen LogP contribution < -0.4 is 0 Å². The Labute approximate surface area is 101 Å². The molecule has 4 heteroatoms. The molecule has 2 heterocycles. The minimum Gasteiger partial charge on any atom is -0.379 e. The van der Waals surface area contributed by atoms with Crippen LogP contribution in [0.1, 0.15) is 11.3 Å². The van der Waals surface area contributed by atoms with Gasteiger partial charge in [0.05, 0.1) is 24.4 Å². The summed E-state index contributed by atoms with van der Waals surface area (Å²) in [5.74, 6) is 0. The van der Waals surface area contributed by atoms with Gasteiger partial charge in [0.1, 0.15) is 0 Å². The smallest absolute Gasteiger partial charge is 0.0841 e. The monoisotopic (exact) mass is 231 g/mol. The molecule has 3 rings (SSSR count). The fourth-order valence-electron chi connectivity index (χ4n) is 2.27. The third kappa shape index (κ3) is 2.18. The van der Waals surface area contributed by atoms with E-state index in [1.165, 1.54) is 10.9 Å². The number of nitrogens with one attached hydrogen (secondary N) is 1. The number of ether oxygens (including phenoxy) is 1. The molecule has 4 nitrogen and oxygen atoms in total. The number of rotatable bonds is 2. The average molecular weight is 231 g/mol. The molecule has 90 valence electrons. The molecule has 1 aliphatic heterocycles. The van der Waals surface area contributed by atoms with Crippen LogP contribution in [-0.4, -0.2) is 41.4 Å². The lowest BCUT2D eigenvalue weighted by Gasteiger charge is -2.25. The predicted octanol–water partition coefficient (Wildman–Crippen LogP) is 1.70. The van der Waals surface area contributed by atoms with E-state index >= 15 is 0 Å². The Kier molecular flexibility index (Phi) is 2.82. The Morgan fingerprint density at radius 3 is 3.00 bits per heavy atom. The van der Waals surface area contributed by atoms with Crippen molar-refractivity contribution in [1.82, 2.24) is 15.1 Å². The summed E-state index contributed by atoms with van der Waals surface area (Å²) in [5, 5.41) is 8.77. The number of aromatic nitrogens is 2. The van der Waals surface area contributed by atoms with Gasteiger partial charge in [-0.15, -0.1) is 0 Å². The van der Waals surface area contributed by atoms with Crippen molar-refractivity contribution in [2.75, 3.05) is 26.3 Å². The topological polar surface area (TPSA) is 41.2 Å². The second-order valence-electron chi connectivity index (χ2n) is 4.61. The Bertz CT molecular complexity index is 514. The van der Waals surface area contributed by atoms with Crippen molar-refractivity contribution in [2.45, 2.75) is 13.5 Å². The highest BCUT2D eigenvalue weighted by atomic mass is 16.5. The highest BCUT2D eigenvalue weighted by Crippen LogP contribution is 2.19. The van der Waals surface area contributed by atoms with E-state index in [2.05, 4.69) is 40.2 Å². The molecule has 0 unspecified atom stereocenters. The largest absolute Gasteiger partial charge is 0.379 e. The summed E-state index contributed by atoms with van der Waals surface area (Å²) in [6.45, 7) is 6.70. The molecule has 2 aromatic rings. The van der Waals surface area contributed by atoms with Crippen molar-refractivity contribution in [3.63, 3.8) is 0 Å². The van der Waals surface area contributed by atoms with Crippen LogP contribution in [0.5, 0.6) is 0 Å². The van der Waals surface area contributed by atoms with Crippen LogP contribution in [-0.2, 0) is 11.3 Å². The van der Waals surface area contributed by atoms with Gasteiger partial charge in [0.15, 0.2) is 0 Å². The van der Waals surface area contributed by atoms with E-state index in [0.717, 1.165) is 44.1 Å². The Hall–Kier alpha value is -1.39. The Balaban J connectivity index is 1.86. The van der Waals surface area contributed by atoms with Crippen molar-refractivity contribution in [1.29, 1.82) is 0 Å². The van der Waals surface area contributed by atoms with Crippen molar-refractivity contribution < 1.29 is 4.74 Å². The molecule has 0 aliphatic carbocycles. The highest BCUT2D eigenvalue weighted by Gasteiger charge is 2.14. The molecule has 0 atom stereocenters. The molecule has 1 aromatic heterocycles. The summed E-state index contributed by atoms with van der Waals surface area (Å²) in [6.07, 6.45) is 0. The van der Waals surface area contributed by atoms with Crippen molar-refractivity contribution >= 4 is 10.9 Å². The first-order valence-corrected chi connectivity index (χ1v) is 6.06. The van der Waals surface area contributed by atoms with Crippen molar-refractivity contribution in [3.05, 3.63) is 29.5 Å². The maximum atomic E-state index is 5.36. The molecule has 1 aromatic carbocycles. The van der Waals surface area contributed by atoms with E-state index in [-0.39, 0.29) is 0 Å². The van der Waals surface area contributed by atoms with Crippen LogP contribution in [0.2, 0.25) is 0 Å². The lowest BCUT2D eigenvalue weighted by Crippen LogP contribution is -2.35. The lowest BCUT2D eigenvalue weighted by molar-refractivity contribution is 0.0338. The molecule has 1 N–H and O–H groups in total. The Morgan fingerprint density at radius 2 is 2.18 bits per heavy atom. The van der Waals surface area contributed by atoms with E-state index < -0.39 is 0 Å². The van der Waals surface area contributed by atoms with Crippen LogP contribution in [0.15, 0.2) is 18.2 Å². The highest BCUT2D eigenvalue weighted by molar-refractivity contribution is 5.81. The van der Waals surface area contributed by atoms with Crippen LogP contribution in [0, 0.1) is 6.92 Å². The second-order valence-corrected chi connectivity index (χ2v) is 4.61. The zero-order chi connectivity index (χ0) is 11.7. The van der Waals surface area contributed by atoms with Gasteiger partial charge in [-0.3, -0.25) is 10.00 Å². The molecule has 0 spiro atoms. The minimum atomic E-state index is 0.835. The zero-order valence-corrected chi connectivity index (χ0v) is 10.1. The summed E-state index contributed by atoms with van der Waals surface area (Å²) in [7, 11) is 0. The van der Waals surface area contributed by atoms with Crippen LogP contribution in [0.25, 0.3) is 10.9 Å². The summed E-state index contributed by atoms with van der Waals surface area (Å²) in [5.41, 5.74) is 3.55. The fourth-order valence-corrected chi connectivity index (χ4v) is 2.27. The van der Waals surface area contributed by atoms with Gasteiger partial charge in [-0.05, 0) is 19.1 Å². The number of aromatic amines is 1. The molecule has 0 radical (unpaired) electrons. The Morgan fingerprint density at radius 1 is 1.35 bits per heavy atom. The quantitative estimate of drug-likeness (QED) is 0.855. The lowest BCUT2D eigenvalue weighted by atomic mass is 10.1. The minimum absolute atomic E-state index is 0.835. The van der Waals surface area contributed by atoms with E-state index in [1.54, 1.807) is 0 Å². The van der Waals surface area contributed by atoms with Crippen molar-refractivity contribution in [3.8, 4) is 0 Å². The number of H-pyrrole nitrogens is 1. The number of fused-ring (bicyclic) bond motifs is 1. The van der Waals surface area contributed by atoms with Gasteiger partial charge in [-0.25, -0.2) is 0 Å². The third-order valence-corrected chi connectivity index (χ3v) is 3.27. The first-order valence-electron chi connectivity index (χ1n) is 6.06. The van der Waals surface area contributed by atoms with E-state index in [0.29, 0.717) is 0 Å². The molecule has 1 fully saturated rings. The molecule has 1 saturated heterocycles. The molecule has 1 aliphatic rings. The normalized spacial score (nSPS) is 17.7. The van der Waals surface area contributed by atoms with Crippen LogP contribution >= 0.6 is 0 Å². The standard InChI is InChI=1S/C13H17N3O/c1-10-2-3-12-11(8-10)13(15-14-12)9-16-4-6-17-7-5-16/h2-3,8H,4-7,9H2,1H3,(H,14,15). The summed E-state index contributed by atoms with van der Waals surface area (Å²) >= 11 is 0. The summed E-state index contributed by atoms with van der Waals surface area (Å²) < 4.78 is 5.36. The van der Waals surface area contributed by atoms with Gasteiger partial charge in [0.2, 0.25) is 0 Å². The summed E-state index contributed by atoms with van der Waals surface area (Å²) in [6, 6.07) is 6.41. The van der Waals surface area contributed by atoms with Crippen LogP contribution in [0.3, 0.4) is 0 Å². The predicted molar refractivity (Wildman–Crippen MR) is 66.9 cm³/mol. The van der Waals surface area contributed by atoms with E-state index in [4.69, 9.17) is 4.74 Å².